The fourth-order valence-electron chi connectivity index (χ4n) is 5.36. The first-order valence-electron chi connectivity index (χ1n) is 13.5. The zero-order chi connectivity index (χ0) is 27.6. The average molecular weight is 552 g/mol. The van der Waals surface area contributed by atoms with E-state index in [4.69, 9.17) is 10.1 Å². The van der Waals surface area contributed by atoms with Crippen LogP contribution in [0.4, 0.5) is 10.1 Å². The van der Waals surface area contributed by atoms with Gasteiger partial charge in [0, 0.05) is 23.7 Å². The zero-order valence-electron chi connectivity index (χ0n) is 22.5. The highest BCUT2D eigenvalue weighted by molar-refractivity contribution is 7.07. The zero-order valence-corrected chi connectivity index (χ0v) is 23.3. The van der Waals surface area contributed by atoms with Crippen LogP contribution in [0, 0.1) is 12.7 Å². The second-order valence-corrected chi connectivity index (χ2v) is 10.9. The lowest BCUT2D eigenvalue weighted by Crippen LogP contribution is -2.20. The highest BCUT2D eigenvalue weighted by atomic mass is 32.1. The molecule has 1 aliphatic carbocycles. The Balaban J connectivity index is 1.44. The van der Waals surface area contributed by atoms with Crippen molar-refractivity contribution in [3.05, 3.63) is 123 Å². The fourth-order valence-corrected chi connectivity index (χ4v) is 6.18. The van der Waals surface area contributed by atoms with Gasteiger partial charge in [-0.05, 0) is 68.4 Å². The standard InChI is InChI=1S/C32H30FN5OS/c1-22-30(31(39)38(36(22)2)26-13-7-4-8-14-26)34-32-37(29(21-40-32)27-15-9-10-16-28(27)33)35-25-19-17-24(18-20-25)23-11-5-3-6-12-23/h3-16,21,24H,17-20H2,1-2H3. The van der Waals surface area contributed by atoms with Crippen LogP contribution >= 0.6 is 11.3 Å². The number of thiazole rings is 1. The first kappa shape index (κ1) is 26.0. The molecule has 0 atom stereocenters. The third-order valence-corrected chi connectivity index (χ3v) is 8.46. The smallest absolute Gasteiger partial charge is 0.283 e. The third-order valence-electron chi connectivity index (χ3n) is 7.64. The Morgan fingerprint density at radius 2 is 1.55 bits per heavy atom. The van der Waals surface area contributed by atoms with Crippen molar-refractivity contribution in [3.63, 3.8) is 0 Å². The van der Waals surface area contributed by atoms with Gasteiger partial charge in [0.2, 0.25) is 4.80 Å². The normalized spacial score (nSPS) is 15.9. The quantitative estimate of drug-likeness (QED) is 0.233. The van der Waals surface area contributed by atoms with Gasteiger partial charge in [-0.25, -0.2) is 18.7 Å². The summed E-state index contributed by atoms with van der Waals surface area (Å²) in [5.74, 6) is 0.183. The highest BCUT2D eigenvalue weighted by Gasteiger charge is 2.21. The fraction of sp³-hybridized carbons (Fsp3) is 0.219. The van der Waals surface area contributed by atoms with E-state index in [2.05, 4.69) is 24.3 Å². The number of nitrogens with zero attached hydrogens (tertiary/aromatic N) is 5. The van der Waals surface area contributed by atoms with E-state index >= 15 is 0 Å². The molecule has 0 N–H and O–H groups in total. The molecule has 6 rings (SSSR count). The Kier molecular flexibility index (Phi) is 7.17. The summed E-state index contributed by atoms with van der Waals surface area (Å²) < 4.78 is 20.1. The molecule has 3 aromatic carbocycles. The van der Waals surface area contributed by atoms with Crippen molar-refractivity contribution in [1.29, 1.82) is 0 Å². The van der Waals surface area contributed by atoms with Crippen LogP contribution < -0.4 is 10.4 Å². The Hall–Kier alpha value is -4.30. The van der Waals surface area contributed by atoms with Crippen molar-refractivity contribution in [1.82, 2.24) is 14.0 Å². The van der Waals surface area contributed by atoms with Crippen molar-refractivity contribution >= 4 is 22.7 Å². The third kappa shape index (κ3) is 4.91. The Morgan fingerprint density at radius 1 is 0.900 bits per heavy atom. The summed E-state index contributed by atoms with van der Waals surface area (Å²) in [6.45, 7) is 1.88. The van der Waals surface area contributed by atoms with Crippen LogP contribution in [0.5, 0.6) is 0 Å². The van der Waals surface area contributed by atoms with Gasteiger partial charge in [-0.3, -0.25) is 9.48 Å². The summed E-state index contributed by atoms with van der Waals surface area (Å²) in [7, 11) is 1.85. The Morgan fingerprint density at radius 3 is 2.25 bits per heavy atom. The van der Waals surface area contributed by atoms with Gasteiger partial charge in [-0.15, -0.1) is 11.3 Å². The summed E-state index contributed by atoms with van der Waals surface area (Å²) in [4.78, 5) is 18.9. The van der Waals surface area contributed by atoms with Crippen LogP contribution in [-0.2, 0) is 7.05 Å². The van der Waals surface area contributed by atoms with E-state index in [9.17, 15) is 9.18 Å². The second kappa shape index (κ2) is 11.1. The van der Waals surface area contributed by atoms with Gasteiger partial charge in [-0.2, -0.15) is 5.10 Å². The molecule has 1 fully saturated rings. The largest absolute Gasteiger partial charge is 0.297 e. The summed E-state index contributed by atoms with van der Waals surface area (Å²) in [6, 6.07) is 26.8. The Bertz CT molecular complexity index is 1800. The number of halogens is 1. The average Bonchev–Trinajstić information content (AvgIpc) is 3.47. The molecule has 5 aromatic rings. The lowest BCUT2D eigenvalue weighted by Gasteiger charge is -2.23. The van der Waals surface area contributed by atoms with Crippen molar-refractivity contribution < 1.29 is 4.39 Å². The van der Waals surface area contributed by atoms with Gasteiger partial charge < -0.3 is 0 Å². The van der Waals surface area contributed by atoms with Gasteiger partial charge >= 0.3 is 0 Å². The molecule has 2 aromatic heterocycles. The number of hydrogen-bond donors (Lipinski definition) is 0. The van der Waals surface area contributed by atoms with E-state index in [1.807, 2.05) is 66.5 Å². The van der Waals surface area contributed by atoms with E-state index in [1.165, 1.54) is 23.0 Å². The molecule has 1 aliphatic rings. The van der Waals surface area contributed by atoms with Gasteiger partial charge in [0.15, 0.2) is 5.69 Å². The van der Waals surface area contributed by atoms with Gasteiger partial charge in [0.05, 0.1) is 17.1 Å². The van der Waals surface area contributed by atoms with Crippen LogP contribution in [0.2, 0.25) is 0 Å². The van der Waals surface area contributed by atoms with E-state index in [-0.39, 0.29) is 11.4 Å². The number of benzene rings is 3. The van der Waals surface area contributed by atoms with Crippen molar-refractivity contribution in [3.8, 4) is 16.9 Å². The number of hydrogen-bond acceptors (Lipinski definition) is 4. The highest BCUT2D eigenvalue weighted by Crippen LogP contribution is 2.32. The first-order chi connectivity index (χ1) is 19.5. The molecule has 8 heteroatoms. The molecule has 2 heterocycles. The minimum Gasteiger partial charge on any atom is -0.283 e. The van der Waals surface area contributed by atoms with Crippen LogP contribution in [-0.4, -0.2) is 19.8 Å². The van der Waals surface area contributed by atoms with Gasteiger partial charge in [0.25, 0.3) is 5.56 Å². The maximum absolute atomic E-state index is 14.9. The lowest BCUT2D eigenvalue weighted by atomic mass is 9.83. The van der Waals surface area contributed by atoms with E-state index in [1.54, 1.807) is 21.5 Å². The second-order valence-electron chi connectivity index (χ2n) is 10.1. The van der Waals surface area contributed by atoms with Crippen LogP contribution in [0.25, 0.3) is 16.9 Å². The van der Waals surface area contributed by atoms with Crippen molar-refractivity contribution in [2.24, 2.45) is 17.1 Å². The summed E-state index contributed by atoms with van der Waals surface area (Å²) in [5.41, 5.74) is 5.12. The maximum Gasteiger partial charge on any atom is 0.297 e. The molecular formula is C32H30FN5OS. The monoisotopic (exact) mass is 551 g/mol. The molecule has 6 nitrogen and oxygen atoms in total. The lowest BCUT2D eigenvalue weighted by molar-refractivity contribution is 0.562. The van der Waals surface area contributed by atoms with Crippen molar-refractivity contribution in [2.75, 3.05) is 0 Å². The molecule has 0 amide bonds. The summed E-state index contributed by atoms with van der Waals surface area (Å²) in [6.07, 6.45) is 3.72. The minimum atomic E-state index is -0.323. The van der Waals surface area contributed by atoms with E-state index < -0.39 is 0 Å². The first-order valence-corrected chi connectivity index (χ1v) is 14.3. The van der Waals surface area contributed by atoms with Crippen LogP contribution in [0.3, 0.4) is 0 Å². The summed E-state index contributed by atoms with van der Waals surface area (Å²) in [5, 5.41) is 6.90. The number of rotatable bonds is 5. The molecule has 0 spiro atoms. The van der Waals surface area contributed by atoms with Gasteiger partial charge in [-0.1, -0.05) is 60.7 Å². The van der Waals surface area contributed by atoms with Crippen molar-refractivity contribution in [2.45, 2.75) is 38.5 Å². The van der Waals surface area contributed by atoms with E-state index in [0.717, 1.165) is 42.8 Å². The SMILES string of the molecule is Cc1c(N=c2scc(-c3ccccc3F)n2N=C2CCC(c3ccccc3)CC2)c(=O)n(-c2ccccc2)n1C. The number of para-hydroxylation sites is 1. The predicted molar refractivity (Wildman–Crippen MR) is 159 cm³/mol. The molecule has 40 heavy (non-hydrogen) atoms. The molecular weight excluding hydrogens is 521 g/mol. The van der Waals surface area contributed by atoms with Crippen LogP contribution in [0.15, 0.2) is 105 Å². The molecule has 202 valence electrons. The topological polar surface area (TPSA) is 56.6 Å². The molecule has 0 aliphatic heterocycles. The molecule has 0 saturated heterocycles. The maximum atomic E-state index is 14.9. The number of aromatic nitrogens is 3. The van der Waals surface area contributed by atoms with E-state index in [0.29, 0.717) is 27.7 Å². The Labute approximate surface area is 236 Å². The minimum absolute atomic E-state index is 0.213. The summed E-state index contributed by atoms with van der Waals surface area (Å²) >= 11 is 1.35. The van der Waals surface area contributed by atoms with Crippen LogP contribution in [0.1, 0.15) is 42.9 Å². The predicted octanol–water partition coefficient (Wildman–Crippen LogP) is 6.95. The molecule has 0 unspecified atom stereocenters. The molecule has 1 saturated carbocycles. The molecule has 0 radical (unpaired) electrons. The molecule has 0 bridgehead atoms. The van der Waals surface area contributed by atoms with Gasteiger partial charge in [0.1, 0.15) is 5.82 Å².